The number of carbonyl (C=O) groups is 2. The molecule has 2 N–H and O–H groups in total. The van der Waals surface area contributed by atoms with E-state index in [4.69, 9.17) is 0 Å². The molecule has 1 aromatic rings. The van der Waals surface area contributed by atoms with Crippen LogP contribution in [0.5, 0.6) is 0 Å². The molecule has 1 atom stereocenters. The maximum Gasteiger partial charge on any atom is 0.337 e. The molecule has 0 aliphatic carbocycles. The first-order valence-electron chi connectivity index (χ1n) is 6.47. The van der Waals surface area contributed by atoms with Crippen molar-refractivity contribution in [1.82, 2.24) is 10.6 Å². The van der Waals surface area contributed by atoms with Crippen molar-refractivity contribution in [3.63, 3.8) is 0 Å². The lowest BCUT2D eigenvalue weighted by atomic mass is 10.1. The molecule has 7 heteroatoms. The summed E-state index contributed by atoms with van der Waals surface area (Å²) in [6, 6.07) is 5.68. The fourth-order valence-corrected chi connectivity index (χ4v) is 2.14. The van der Waals surface area contributed by atoms with E-state index in [1.807, 2.05) is 0 Å². The third-order valence-electron chi connectivity index (χ3n) is 3.24. The topological polar surface area (TPSA) is 67.4 Å². The minimum atomic E-state index is -2.84. The van der Waals surface area contributed by atoms with Crippen LogP contribution in [-0.4, -0.2) is 37.5 Å². The van der Waals surface area contributed by atoms with E-state index in [0.29, 0.717) is 11.1 Å². The van der Waals surface area contributed by atoms with Crippen molar-refractivity contribution in [1.29, 1.82) is 0 Å². The first-order valence-corrected chi connectivity index (χ1v) is 6.47. The minimum absolute atomic E-state index is 0.160. The molecule has 1 aliphatic rings. The zero-order valence-corrected chi connectivity index (χ0v) is 11.5. The maximum atomic E-state index is 13.0. The zero-order valence-electron chi connectivity index (χ0n) is 11.5. The number of amides is 1. The predicted octanol–water partition coefficient (Wildman–Crippen LogP) is 1.09. The van der Waals surface area contributed by atoms with Gasteiger partial charge in [0.2, 0.25) is 5.91 Å². The van der Waals surface area contributed by atoms with Crippen LogP contribution in [0.3, 0.4) is 0 Å². The van der Waals surface area contributed by atoms with Crippen molar-refractivity contribution < 1.29 is 23.1 Å². The van der Waals surface area contributed by atoms with Crippen LogP contribution in [0.25, 0.3) is 0 Å². The molecule has 1 amide bonds. The van der Waals surface area contributed by atoms with Gasteiger partial charge in [-0.25, -0.2) is 13.6 Å². The average Bonchev–Trinajstić information content (AvgIpc) is 2.84. The normalized spacial score (nSPS) is 20.0. The Morgan fingerprint density at radius 1 is 1.48 bits per heavy atom. The summed E-state index contributed by atoms with van der Waals surface area (Å²) in [6.07, 6.45) is -0.499. The van der Waals surface area contributed by atoms with Gasteiger partial charge < -0.3 is 10.1 Å². The number of nitrogens with one attached hydrogen (secondary N) is 2. The Morgan fingerprint density at radius 2 is 2.24 bits per heavy atom. The zero-order chi connectivity index (χ0) is 15.5. The number of esters is 1. The van der Waals surface area contributed by atoms with Gasteiger partial charge in [0.1, 0.15) is 0 Å². The molecule has 1 saturated heterocycles. The Balaban J connectivity index is 1.91. The highest BCUT2D eigenvalue weighted by atomic mass is 19.3. The third-order valence-corrected chi connectivity index (χ3v) is 3.24. The van der Waals surface area contributed by atoms with Crippen LogP contribution in [0.15, 0.2) is 24.3 Å². The van der Waals surface area contributed by atoms with Crippen molar-refractivity contribution >= 4 is 11.9 Å². The van der Waals surface area contributed by atoms with E-state index in [0.717, 1.165) is 0 Å². The second-order valence-electron chi connectivity index (χ2n) is 4.90. The summed E-state index contributed by atoms with van der Waals surface area (Å²) in [5.41, 5.74) is 1.06. The van der Waals surface area contributed by atoms with Crippen LogP contribution in [0.2, 0.25) is 0 Å². The fraction of sp³-hybridized carbons (Fsp3) is 0.429. The van der Waals surface area contributed by atoms with Crippen molar-refractivity contribution in [3.05, 3.63) is 35.4 Å². The van der Waals surface area contributed by atoms with E-state index >= 15 is 0 Å². The molecule has 0 aromatic heterocycles. The summed E-state index contributed by atoms with van der Waals surface area (Å²) < 4.78 is 30.6. The number of benzene rings is 1. The summed E-state index contributed by atoms with van der Waals surface area (Å²) in [5, 5.41) is 5.06. The average molecular weight is 298 g/mol. The van der Waals surface area contributed by atoms with Crippen LogP contribution >= 0.6 is 0 Å². The quantitative estimate of drug-likeness (QED) is 0.817. The Kier molecular flexibility index (Phi) is 4.52. The van der Waals surface area contributed by atoms with E-state index < -0.39 is 36.8 Å². The first-order chi connectivity index (χ1) is 9.91. The van der Waals surface area contributed by atoms with Gasteiger partial charge in [-0.05, 0) is 17.7 Å². The summed E-state index contributed by atoms with van der Waals surface area (Å²) in [6.45, 7) is -0.323. The maximum absolute atomic E-state index is 13.0. The lowest BCUT2D eigenvalue weighted by molar-refractivity contribution is -0.123. The van der Waals surface area contributed by atoms with Crippen molar-refractivity contribution in [3.8, 4) is 0 Å². The Hall–Kier alpha value is -2.02. The first kappa shape index (κ1) is 15.4. The SMILES string of the molecule is COC(=O)c1cccc(CNC(=O)C2CC(F)(F)CN2)c1. The second kappa shape index (κ2) is 6.17. The highest BCUT2D eigenvalue weighted by molar-refractivity contribution is 5.89. The Morgan fingerprint density at radius 3 is 2.86 bits per heavy atom. The van der Waals surface area contributed by atoms with E-state index in [2.05, 4.69) is 15.4 Å². The van der Waals surface area contributed by atoms with Crippen molar-refractivity contribution in [2.45, 2.75) is 24.9 Å². The molecule has 1 heterocycles. The highest BCUT2D eigenvalue weighted by Crippen LogP contribution is 2.25. The smallest absolute Gasteiger partial charge is 0.337 e. The molecule has 1 fully saturated rings. The number of methoxy groups -OCH3 is 1. The standard InChI is InChI=1S/C14H16F2N2O3/c1-21-13(20)10-4-2-3-9(5-10)7-17-12(19)11-6-14(15,16)8-18-11/h2-5,11,18H,6-8H2,1H3,(H,17,19). The molecule has 1 unspecified atom stereocenters. The van der Waals surface area contributed by atoms with Gasteiger partial charge in [-0.1, -0.05) is 12.1 Å². The van der Waals surface area contributed by atoms with Crippen LogP contribution in [0.4, 0.5) is 8.78 Å². The van der Waals surface area contributed by atoms with E-state index in [1.165, 1.54) is 7.11 Å². The lowest BCUT2D eigenvalue weighted by Gasteiger charge is -2.11. The second-order valence-corrected chi connectivity index (χ2v) is 4.90. The van der Waals surface area contributed by atoms with E-state index in [1.54, 1.807) is 24.3 Å². The summed E-state index contributed by atoms with van der Waals surface area (Å²) in [5.74, 6) is -3.79. The molecule has 0 radical (unpaired) electrons. The van der Waals surface area contributed by atoms with Crippen molar-refractivity contribution in [2.24, 2.45) is 0 Å². The van der Waals surface area contributed by atoms with E-state index in [-0.39, 0.29) is 6.54 Å². The number of ether oxygens (including phenoxy) is 1. The number of halogens is 2. The Bertz CT molecular complexity index is 549. The third kappa shape index (κ3) is 3.98. The summed E-state index contributed by atoms with van der Waals surface area (Å²) in [4.78, 5) is 23.2. The fourth-order valence-electron chi connectivity index (χ4n) is 2.14. The van der Waals surface area contributed by atoms with Crippen LogP contribution in [0.1, 0.15) is 22.3 Å². The largest absolute Gasteiger partial charge is 0.465 e. The van der Waals surface area contributed by atoms with Crippen LogP contribution in [-0.2, 0) is 16.1 Å². The van der Waals surface area contributed by atoms with Gasteiger partial charge in [0.15, 0.2) is 0 Å². The summed E-state index contributed by atoms with van der Waals surface area (Å²) >= 11 is 0. The molecule has 1 aliphatic heterocycles. The van der Waals surface area contributed by atoms with Gasteiger partial charge in [0.05, 0.1) is 25.3 Å². The van der Waals surface area contributed by atoms with Crippen LogP contribution in [0, 0.1) is 0 Å². The molecular formula is C14H16F2N2O3. The number of carbonyl (C=O) groups excluding carboxylic acids is 2. The number of hydrogen-bond acceptors (Lipinski definition) is 4. The van der Waals surface area contributed by atoms with Gasteiger partial charge in [0.25, 0.3) is 5.92 Å². The minimum Gasteiger partial charge on any atom is -0.465 e. The van der Waals surface area contributed by atoms with Gasteiger partial charge in [-0.3, -0.25) is 10.1 Å². The molecular weight excluding hydrogens is 282 g/mol. The molecule has 114 valence electrons. The molecule has 0 bridgehead atoms. The molecule has 21 heavy (non-hydrogen) atoms. The number of hydrogen-bond donors (Lipinski definition) is 2. The molecule has 5 nitrogen and oxygen atoms in total. The van der Waals surface area contributed by atoms with Crippen LogP contribution < -0.4 is 10.6 Å². The number of alkyl halides is 2. The summed E-state index contributed by atoms with van der Waals surface area (Å²) in [7, 11) is 1.28. The molecule has 0 saturated carbocycles. The highest BCUT2D eigenvalue weighted by Gasteiger charge is 2.42. The lowest BCUT2D eigenvalue weighted by Crippen LogP contribution is -2.40. The molecule has 2 rings (SSSR count). The molecule has 1 aromatic carbocycles. The van der Waals surface area contributed by atoms with Gasteiger partial charge in [0, 0.05) is 13.0 Å². The van der Waals surface area contributed by atoms with E-state index in [9.17, 15) is 18.4 Å². The Labute approximate surface area is 120 Å². The van der Waals surface area contributed by atoms with Gasteiger partial charge in [-0.2, -0.15) is 0 Å². The molecule has 0 spiro atoms. The number of rotatable bonds is 4. The van der Waals surface area contributed by atoms with Crippen molar-refractivity contribution in [2.75, 3.05) is 13.7 Å². The monoisotopic (exact) mass is 298 g/mol. The predicted molar refractivity (Wildman–Crippen MR) is 71.0 cm³/mol. The van der Waals surface area contributed by atoms with Gasteiger partial charge >= 0.3 is 5.97 Å². The van der Waals surface area contributed by atoms with Gasteiger partial charge in [-0.15, -0.1) is 0 Å².